The van der Waals surface area contributed by atoms with Crippen LogP contribution in [0.15, 0.2) is 27.6 Å². The first-order valence-corrected chi connectivity index (χ1v) is 10.0. The van der Waals surface area contributed by atoms with Crippen LogP contribution in [0.2, 0.25) is 0 Å². The van der Waals surface area contributed by atoms with Crippen LogP contribution in [0, 0.1) is 6.92 Å². The minimum absolute atomic E-state index is 0.179. The Balaban J connectivity index is 1.63. The number of rotatable bonds is 7. The zero-order chi connectivity index (χ0) is 21.7. The fraction of sp³-hybridized carbons (Fsp3) is 0.455. The number of aliphatic imine (C=N–C) groups is 1. The van der Waals surface area contributed by atoms with Crippen LogP contribution in [0.25, 0.3) is 0 Å². The first-order chi connectivity index (χ1) is 14.4. The van der Waals surface area contributed by atoms with Gasteiger partial charge in [0.15, 0.2) is 5.96 Å². The van der Waals surface area contributed by atoms with Gasteiger partial charge in [-0.2, -0.15) is 0 Å². The molecule has 2 aromatic rings. The number of carbonyl (C=O) groups excluding carboxylic acids is 1. The molecular weight excluding hydrogens is 386 g/mol. The topological polar surface area (TPSA) is 94.3 Å². The predicted molar refractivity (Wildman–Crippen MR) is 113 cm³/mol. The normalized spacial score (nSPS) is 15.4. The molecule has 1 aliphatic rings. The van der Waals surface area contributed by atoms with E-state index in [0.717, 1.165) is 23.5 Å². The van der Waals surface area contributed by atoms with Gasteiger partial charge < -0.3 is 29.3 Å². The second-order valence-corrected chi connectivity index (χ2v) is 7.09. The molecule has 3 rings (SSSR count). The van der Waals surface area contributed by atoms with Gasteiger partial charge in [-0.05, 0) is 39.0 Å². The molecule has 1 aliphatic heterocycles. The molecule has 1 atom stereocenters. The molecule has 0 fully saturated rings. The van der Waals surface area contributed by atoms with E-state index in [1.54, 1.807) is 20.0 Å². The minimum Gasteiger partial charge on any atom is -0.494 e. The Morgan fingerprint density at radius 3 is 2.73 bits per heavy atom. The summed E-state index contributed by atoms with van der Waals surface area (Å²) in [4.78, 5) is 16.0. The van der Waals surface area contributed by atoms with Crippen LogP contribution in [-0.4, -0.2) is 38.8 Å². The average molecular weight is 415 g/mol. The summed E-state index contributed by atoms with van der Waals surface area (Å²) in [6.45, 7) is 7.25. The van der Waals surface area contributed by atoms with Crippen LogP contribution in [0.4, 0.5) is 0 Å². The molecular formula is C22H29N3O5. The molecule has 0 aliphatic carbocycles. The highest BCUT2D eigenvalue weighted by Crippen LogP contribution is 2.35. The molecule has 0 saturated carbocycles. The lowest BCUT2D eigenvalue weighted by atomic mass is 10.1. The smallest absolute Gasteiger partial charge is 0.341 e. The summed E-state index contributed by atoms with van der Waals surface area (Å²) in [6.07, 6.45) is 1.07. The third-order valence-electron chi connectivity index (χ3n) is 4.85. The molecule has 8 nitrogen and oxygen atoms in total. The van der Waals surface area contributed by atoms with Gasteiger partial charge in [0.1, 0.15) is 34.7 Å². The zero-order valence-corrected chi connectivity index (χ0v) is 18.1. The van der Waals surface area contributed by atoms with Gasteiger partial charge in [0, 0.05) is 31.1 Å². The first-order valence-electron chi connectivity index (χ1n) is 10.0. The summed E-state index contributed by atoms with van der Waals surface area (Å²) in [5.41, 5.74) is 2.59. The second-order valence-electron chi connectivity index (χ2n) is 7.09. The Morgan fingerprint density at radius 1 is 1.27 bits per heavy atom. The zero-order valence-electron chi connectivity index (χ0n) is 18.1. The number of carbonyl (C=O) groups is 1. The Hall–Kier alpha value is -3.16. The van der Waals surface area contributed by atoms with Crippen LogP contribution in [0.3, 0.4) is 0 Å². The average Bonchev–Trinajstić information content (AvgIpc) is 3.28. The monoisotopic (exact) mass is 415 g/mol. The first kappa shape index (κ1) is 21.5. The maximum atomic E-state index is 11.7. The number of esters is 1. The summed E-state index contributed by atoms with van der Waals surface area (Å²) < 4.78 is 22.1. The number of benzene rings is 1. The number of ether oxygens (including phenoxy) is 3. The van der Waals surface area contributed by atoms with Gasteiger partial charge in [-0.25, -0.2) is 4.79 Å². The van der Waals surface area contributed by atoms with Crippen LogP contribution in [0.1, 0.15) is 46.9 Å². The van der Waals surface area contributed by atoms with Crippen LogP contribution in [0.5, 0.6) is 11.5 Å². The molecule has 0 spiro atoms. The lowest BCUT2D eigenvalue weighted by Gasteiger charge is -2.15. The molecule has 1 unspecified atom stereocenters. The molecule has 1 aromatic heterocycles. The highest BCUT2D eigenvalue weighted by atomic mass is 16.5. The standard InChI is InChI=1S/C22H29N3O5/c1-6-28-19-8-15-7-13(2)29-20(15)9-16(19)11-24-22(23-4)25-12-17-10-18(14(3)30-17)21(26)27-5/h8-10,13H,6-7,11-12H2,1-5H3,(H2,23,24,25). The lowest BCUT2D eigenvalue weighted by Crippen LogP contribution is -2.36. The maximum Gasteiger partial charge on any atom is 0.341 e. The van der Waals surface area contributed by atoms with E-state index in [0.29, 0.717) is 42.7 Å². The van der Waals surface area contributed by atoms with Gasteiger partial charge in [-0.1, -0.05) is 0 Å². The Labute approximate surface area is 176 Å². The van der Waals surface area contributed by atoms with E-state index in [9.17, 15) is 4.79 Å². The van der Waals surface area contributed by atoms with Gasteiger partial charge in [0.05, 0.1) is 20.3 Å². The highest BCUT2D eigenvalue weighted by Gasteiger charge is 2.22. The Bertz CT molecular complexity index is 935. The van der Waals surface area contributed by atoms with E-state index < -0.39 is 5.97 Å². The number of fused-ring (bicyclic) bond motifs is 1. The Kier molecular flexibility index (Phi) is 6.87. The maximum absolute atomic E-state index is 11.7. The summed E-state index contributed by atoms with van der Waals surface area (Å²) in [6, 6.07) is 5.77. The van der Waals surface area contributed by atoms with Crippen molar-refractivity contribution in [3.8, 4) is 11.5 Å². The fourth-order valence-electron chi connectivity index (χ4n) is 3.42. The third-order valence-corrected chi connectivity index (χ3v) is 4.85. The van der Waals surface area contributed by atoms with Crippen molar-refractivity contribution in [2.75, 3.05) is 20.8 Å². The molecule has 30 heavy (non-hydrogen) atoms. The van der Waals surface area contributed by atoms with E-state index in [1.165, 1.54) is 12.7 Å². The van der Waals surface area contributed by atoms with E-state index in [2.05, 4.69) is 28.6 Å². The molecule has 0 radical (unpaired) electrons. The highest BCUT2D eigenvalue weighted by molar-refractivity contribution is 5.90. The van der Waals surface area contributed by atoms with Gasteiger partial charge in [0.25, 0.3) is 0 Å². The van der Waals surface area contributed by atoms with Crippen LogP contribution < -0.4 is 20.1 Å². The van der Waals surface area contributed by atoms with Crippen molar-refractivity contribution in [3.05, 3.63) is 46.4 Å². The minimum atomic E-state index is -0.415. The van der Waals surface area contributed by atoms with Crippen molar-refractivity contribution in [2.24, 2.45) is 4.99 Å². The summed E-state index contributed by atoms with van der Waals surface area (Å²) in [5.74, 6) is 3.08. The number of furan rings is 1. The summed E-state index contributed by atoms with van der Waals surface area (Å²) in [7, 11) is 3.04. The van der Waals surface area contributed by atoms with E-state index in [4.69, 9.17) is 18.6 Å². The van der Waals surface area contributed by atoms with E-state index >= 15 is 0 Å². The van der Waals surface area contributed by atoms with Gasteiger partial charge in [-0.15, -0.1) is 0 Å². The number of nitrogens with zero attached hydrogens (tertiary/aromatic N) is 1. The van der Waals surface area contributed by atoms with Crippen molar-refractivity contribution < 1.29 is 23.4 Å². The van der Waals surface area contributed by atoms with Crippen molar-refractivity contribution in [1.82, 2.24) is 10.6 Å². The molecule has 2 N–H and O–H groups in total. The van der Waals surface area contributed by atoms with Crippen molar-refractivity contribution in [1.29, 1.82) is 0 Å². The quantitative estimate of drug-likeness (QED) is 0.408. The van der Waals surface area contributed by atoms with Crippen molar-refractivity contribution >= 4 is 11.9 Å². The molecule has 0 bridgehead atoms. The number of guanidine groups is 1. The molecule has 8 heteroatoms. The fourth-order valence-corrected chi connectivity index (χ4v) is 3.42. The van der Waals surface area contributed by atoms with Gasteiger partial charge in [0.2, 0.25) is 0 Å². The van der Waals surface area contributed by atoms with Crippen LogP contribution >= 0.6 is 0 Å². The third kappa shape index (κ3) is 4.87. The molecule has 2 heterocycles. The number of aryl methyl sites for hydroxylation is 1. The SMILES string of the molecule is CCOc1cc2c(cc1CNC(=NC)NCc1cc(C(=O)OC)c(C)o1)OC(C)C2. The molecule has 162 valence electrons. The Morgan fingerprint density at radius 2 is 2.03 bits per heavy atom. The lowest BCUT2D eigenvalue weighted by molar-refractivity contribution is 0.0599. The molecule has 0 amide bonds. The number of hydrogen-bond acceptors (Lipinski definition) is 6. The molecule has 0 saturated heterocycles. The van der Waals surface area contributed by atoms with Crippen LogP contribution in [-0.2, 0) is 24.2 Å². The van der Waals surface area contributed by atoms with E-state index in [1.807, 2.05) is 13.0 Å². The van der Waals surface area contributed by atoms with Gasteiger partial charge in [-0.3, -0.25) is 4.99 Å². The van der Waals surface area contributed by atoms with Crippen molar-refractivity contribution in [3.63, 3.8) is 0 Å². The second kappa shape index (κ2) is 9.56. The number of methoxy groups -OCH3 is 1. The summed E-state index contributed by atoms with van der Waals surface area (Å²) in [5, 5.41) is 6.47. The number of hydrogen-bond donors (Lipinski definition) is 2. The van der Waals surface area contributed by atoms with Gasteiger partial charge >= 0.3 is 5.97 Å². The predicted octanol–water partition coefficient (Wildman–Crippen LogP) is 2.96. The number of nitrogens with one attached hydrogen (secondary N) is 2. The molecule has 1 aromatic carbocycles. The summed E-state index contributed by atoms with van der Waals surface area (Å²) >= 11 is 0. The van der Waals surface area contributed by atoms with E-state index in [-0.39, 0.29) is 6.10 Å². The van der Waals surface area contributed by atoms with Crippen molar-refractivity contribution in [2.45, 2.75) is 46.4 Å². The largest absolute Gasteiger partial charge is 0.494 e.